The second-order valence-corrected chi connectivity index (χ2v) is 8.73. The molecule has 2 aromatic carbocycles. The van der Waals surface area contributed by atoms with Gasteiger partial charge in [-0.2, -0.15) is 0 Å². The van der Waals surface area contributed by atoms with Crippen molar-refractivity contribution in [1.82, 2.24) is 0 Å². The van der Waals surface area contributed by atoms with Gasteiger partial charge < -0.3 is 9.47 Å². The summed E-state index contributed by atoms with van der Waals surface area (Å²) in [6.07, 6.45) is 10.9. The maximum atomic E-state index is 6.33. The summed E-state index contributed by atoms with van der Waals surface area (Å²) in [4.78, 5) is 0. The molecule has 0 bridgehead atoms. The molecule has 2 aromatic rings. The van der Waals surface area contributed by atoms with Crippen LogP contribution in [0.3, 0.4) is 0 Å². The molecule has 2 rings (SSSR count). The smallest absolute Gasteiger partial charge is 0.130 e. The molecule has 0 saturated carbocycles. The molecule has 0 amide bonds. The minimum atomic E-state index is 0.585. The fourth-order valence-corrected chi connectivity index (χ4v) is 4.39. The van der Waals surface area contributed by atoms with E-state index in [9.17, 15) is 0 Å². The molecule has 3 heteroatoms. The van der Waals surface area contributed by atoms with Crippen molar-refractivity contribution in [2.45, 2.75) is 78.6 Å². The summed E-state index contributed by atoms with van der Waals surface area (Å²) >= 11 is 3.56. The summed E-state index contributed by atoms with van der Waals surface area (Å²) in [6.45, 7) is 8.27. The van der Waals surface area contributed by atoms with E-state index >= 15 is 0 Å². The Morgan fingerprint density at radius 1 is 0.897 bits per heavy atom. The summed E-state index contributed by atoms with van der Waals surface area (Å²) in [5.74, 6) is 2.63. The fraction of sp³-hybridized carbons (Fsp3) is 0.615. The van der Waals surface area contributed by atoms with Gasteiger partial charge in [-0.1, -0.05) is 99.5 Å². The second-order valence-electron chi connectivity index (χ2n) is 7.94. The SMILES string of the molecule is CCCCCCCCOc1c(CC)cc(OCC(CC)CCBr)c2ccccc12. The van der Waals surface area contributed by atoms with E-state index in [4.69, 9.17) is 9.47 Å². The van der Waals surface area contributed by atoms with Crippen LogP contribution in [-0.4, -0.2) is 18.5 Å². The van der Waals surface area contributed by atoms with Gasteiger partial charge in [0.25, 0.3) is 0 Å². The van der Waals surface area contributed by atoms with Crippen LogP contribution in [0.5, 0.6) is 11.5 Å². The van der Waals surface area contributed by atoms with Gasteiger partial charge >= 0.3 is 0 Å². The van der Waals surface area contributed by atoms with Crippen LogP contribution < -0.4 is 9.47 Å². The van der Waals surface area contributed by atoms with Crippen LogP contribution in [0.1, 0.15) is 77.7 Å². The first-order valence-corrected chi connectivity index (χ1v) is 12.7. The molecular formula is C26H39BrO2. The van der Waals surface area contributed by atoms with Gasteiger partial charge in [0.2, 0.25) is 0 Å². The molecule has 0 aliphatic rings. The Morgan fingerprint density at radius 2 is 1.62 bits per heavy atom. The average Bonchev–Trinajstić information content (AvgIpc) is 2.76. The van der Waals surface area contributed by atoms with Crippen molar-refractivity contribution in [2.24, 2.45) is 5.92 Å². The number of hydrogen-bond donors (Lipinski definition) is 0. The third-order valence-electron chi connectivity index (χ3n) is 5.73. The molecule has 1 unspecified atom stereocenters. The van der Waals surface area contributed by atoms with E-state index in [1.165, 1.54) is 43.1 Å². The Bertz CT molecular complexity index is 713. The maximum absolute atomic E-state index is 6.33. The zero-order valence-electron chi connectivity index (χ0n) is 18.6. The third kappa shape index (κ3) is 7.51. The Hall–Kier alpha value is -1.22. The van der Waals surface area contributed by atoms with E-state index in [-0.39, 0.29) is 0 Å². The Kier molecular flexibility index (Phi) is 11.5. The molecule has 0 aliphatic carbocycles. The van der Waals surface area contributed by atoms with Crippen molar-refractivity contribution >= 4 is 26.7 Å². The van der Waals surface area contributed by atoms with Crippen LogP contribution in [0.25, 0.3) is 10.8 Å². The number of unbranched alkanes of at least 4 members (excludes halogenated alkanes) is 5. The summed E-state index contributed by atoms with van der Waals surface area (Å²) in [5.41, 5.74) is 1.25. The number of fused-ring (bicyclic) bond motifs is 1. The van der Waals surface area contributed by atoms with E-state index in [2.05, 4.69) is 67.0 Å². The van der Waals surface area contributed by atoms with E-state index in [0.29, 0.717) is 5.92 Å². The van der Waals surface area contributed by atoms with Gasteiger partial charge in [0, 0.05) is 16.1 Å². The van der Waals surface area contributed by atoms with Gasteiger partial charge in [0.1, 0.15) is 11.5 Å². The van der Waals surface area contributed by atoms with Crippen molar-refractivity contribution in [2.75, 3.05) is 18.5 Å². The highest BCUT2D eigenvalue weighted by Crippen LogP contribution is 2.37. The number of hydrogen-bond acceptors (Lipinski definition) is 2. The minimum absolute atomic E-state index is 0.585. The number of rotatable bonds is 15. The molecule has 29 heavy (non-hydrogen) atoms. The van der Waals surface area contributed by atoms with Crippen molar-refractivity contribution in [3.8, 4) is 11.5 Å². The van der Waals surface area contributed by atoms with Gasteiger partial charge in [0.15, 0.2) is 0 Å². The second kappa shape index (κ2) is 13.9. The predicted octanol–water partition coefficient (Wildman–Crippen LogP) is 8.33. The van der Waals surface area contributed by atoms with Gasteiger partial charge in [-0.05, 0) is 36.8 Å². The monoisotopic (exact) mass is 462 g/mol. The lowest BCUT2D eigenvalue weighted by atomic mass is 10.0. The summed E-state index contributed by atoms with van der Waals surface area (Å²) in [7, 11) is 0. The zero-order chi connectivity index (χ0) is 20.9. The number of ether oxygens (including phenoxy) is 2. The molecule has 0 spiro atoms. The van der Waals surface area contributed by atoms with Crippen LogP contribution in [-0.2, 0) is 6.42 Å². The quantitative estimate of drug-likeness (QED) is 0.195. The molecule has 0 fully saturated rings. The fourth-order valence-electron chi connectivity index (χ4n) is 3.75. The Morgan fingerprint density at radius 3 is 2.31 bits per heavy atom. The van der Waals surface area contributed by atoms with Crippen molar-refractivity contribution in [3.05, 3.63) is 35.9 Å². The molecule has 2 nitrogen and oxygen atoms in total. The standard InChI is InChI=1S/C26H39BrO2/c1-4-7-8-9-10-13-18-28-26-22(6-3)19-25(23-14-11-12-15-24(23)26)29-20-21(5-2)16-17-27/h11-12,14-15,19,21H,4-10,13,16-18,20H2,1-3H3. The molecule has 0 aromatic heterocycles. The van der Waals surface area contributed by atoms with Gasteiger partial charge in [-0.15, -0.1) is 0 Å². The molecule has 0 saturated heterocycles. The number of halogens is 1. The highest BCUT2D eigenvalue weighted by molar-refractivity contribution is 9.09. The highest BCUT2D eigenvalue weighted by atomic mass is 79.9. The lowest BCUT2D eigenvalue weighted by Gasteiger charge is -2.19. The molecule has 0 radical (unpaired) electrons. The predicted molar refractivity (Wildman–Crippen MR) is 130 cm³/mol. The minimum Gasteiger partial charge on any atom is -0.493 e. The van der Waals surface area contributed by atoms with Crippen LogP contribution in [0.4, 0.5) is 0 Å². The number of alkyl halides is 1. The van der Waals surface area contributed by atoms with Crippen molar-refractivity contribution < 1.29 is 9.47 Å². The van der Waals surface area contributed by atoms with E-state index < -0.39 is 0 Å². The van der Waals surface area contributed by atoms with Crippen LogP contribution >= 0.6 is 15.9 Å². The first kappa shape index (κ1) is 24.1. The lowest BCUT2D eigenvalue weighted by Crippen LogP contribution is -2.12. The maximum Gasteiger partial charge on any atom is 0.130 e. The molecule has 162 valence electrons. The Labute approximate surface area is 186 Å². The van der Waals surface area contributed by atoms with Crippen molar-refractivity contribution in [3.63, 3.8) is 0 Å². The normalized spacial score (nSPS) is 12.3. The van der Waals surface area contributed by atoms with Crippen LogP contribution in [0.15, 0.2) is 30.3 Å². The van der Waals surface area contributed by atoms with Gasteiger partial charge in [-0.3, -0.25) is 0 Å². The first-order chi connectivity index (χ1) is 14.2. The summed E-state index contributed by atoms with van der Waals surface area (Å²) in [6, 6.07) is 10.7. The van der Waals surface area contributed by atoms with Gasteiger partial charge in [0.05, 0.1) is 13.2 Å². The molecule has 0 aliphatic heterocycles. The van der Waals surface area contributed by atoms with Crippen LogP contribution in [0, 0.1) is 5.92 Å². The van der Waals surface area contributed by atoms with E-state index in [1.54, 1.807) is 0 Å². The Balaban J connectivity index is 2.11. The molecule has 0 N–H and O–H groups in total. The van der Waals surface area contributed by atoms with Crippen molar-refractivity contribution in [1.29, 1.82) is 0 Å². The third-order valence-corrected chi connectivity index (χ3v) is 6.19. The van der Waals surface area contributed by atoms with Gasteiger partial charge in [-0.25, -0.2) is 0 Å². The first-order valence-electron chi connectivity index (χ1n) is 11.6. The number of aryl methyl sites for hydroxylation is 1. The average molecular weight is 464 g/mol. The molecule has 0 heterocycles. The van der Waals surface area contributed by atoms with E-state index in [0.717, 1.165) is 61.1 Å². The summed E-state index contributed by atoms with van der Waals surface area (Å²) in [5, 5.41) is 3.37. The molecular weight excluding hydrogens is 424 g/mol. The topological polar surface area (TPSA) is 18.5 Å². The summed E-state index contributed by atoms with van der Waals surface area (Å²) < 4.78 is 12.7. The van der Waals surface area contributed by atoms with E-state index in [1.807, 2.05) is 0 Å². The highest BCUT2D eigenvalue weighted by Gasteiger charge is 2.15. The largest absolute Gasteiger partial charge is 0.493 e. The van der Waals surface area contributed by atoms with Crippen LogP contribution in [0.2, 0.25) is 0 Å². The number of benzene rings is 2. The molecule has 1 atom stereocenters. The lowest BCUT2D eigenvalue weighted by molar-refractivity contribution is 0.243. The zero-order valence-corrected chi connectivity index (χ0v) is 20.2.